The third kappa shape index (κ3) is 5.45. The fourth-order valence-electron chi connectivity index (χ4n) is 5.33. The molecule has 1 aromatic heterocycles. The number of carbonyl (C=O) groups excluding carboxylic acids is 2. The van der Waals surface area contributed by atoms with E-state index in [9.17, 15) is 18.0 Å². The summed E-state index contributed by atoms with van der Waals surface area (Å²) in [5, 5.41) is 3.18. The molecular weight excluding hydrogens is 442 g/mol. The molecule has 2 aliphatic rings. The summed E-state index contributed by atoms with van der Waals surface area (Å²) in [5.74, 6) is -1.05. The van der Waals surface area contributed by atoms with E-state index in [1.165, 1.54) is 17.1 Å². The molecule has 8 nitrogen and oxygen atoms in total. The molecule has 1 atom stereocenters. The Morgan fingerprint density at radius 3 is 2.27 bits per heavy atom. The number of carbonyl (C=O) groups is 2. The maximum atomic E-state index is 13.8. The number of rotatable bonds is 7. The number of sulfonamides is 1. The summed E-state index contributed by atoms with van der Waals surface area (Å²) in [5.41, 5.74) is 1.23. The van der Waals surface area contributed by atoms with Gasteiger partial charge in [-0.3, -0.25) is 4.79 Å². The first-order valence-corrected chi connectivity index (χ1v) is 13.8. The smallest absolute Gasteiger partial charge is 0.341 e. The van der Waals surface area contributed by atoms with Crippen molar-refractivity contribution >= 4 is 21.9 Å². The van der Waals surface area contributed by atoms with Crippen LogP contribution in [0.5, 0.6) is 0 Å². The van der Waals surface area contributed by atoms with Crippen LogP contribution in [0.4, 0.5) is 0 Å². The van der Waals surface area contributed by atoms with Gasteiger partial charge in [-0.2, -0.15) is 4.31 Å². The van der Waals surface area contributed by atoms with Gasteiger partial charge in [-0.25, -0.2) is 13.2 Å². The molecule has 0 bridgehead atoms. The van der Waals surface area contributed by atoms with Crippen LogP contribution in [0.2, 0.25) is 0 Å². The van der Waals surface area contributed by atoms with Crippen molar-refractivity contribution in [1.29, 1.82) is 0 Å². The molecule has 1 aliphatic carbocycles. The van der Waals surface area contributed by atoms with Crippen LogP contribution in [-0.2, 0) is 26.1 Å². The van der Waals surface area contributed by atoms with E-state index in [4.69, 9.17) is 4.74 Å². The molecule has 0 unspecified atom stereocenters. The molecule has 2 fully saturated rings. The lowest BCUT2D eigenvalue weighted by molar-refractivity contribution is -0.126. The summed E-state index contributed by atoms with van der Waals surface area (Å²) >= 11 is 0. The normalized spacial score (nSPS) is 20.9. The third-order valence-electron chi connectivity index (χ3n) is 7.08. The molecular formula is C24H39N3O5S. The average molecular weight is 482 g/mol. The zero-order valence-electron chi connectivity index (χ0n) is 20.5. The highest BCUT2D eigenvalue weighted by Gasteiger charge is 2.39. The summed E-state index contributed by atoms with van der Waals surface area (Å²) < 4.78 is 36.0. The van der Waals surface area contributed by atoms with Crippen LogP contribution in [0, 0.1) is 19.8 Å². The van der Waals surface area contributed by atoms with Crippen LogP contribution in [0.1, 0.15) is 87.0 Å². The molecule has 1 amide bonds. The van der Waals surface area contributed by atoms with Gasteiger partial charge in [0.1, 0.15) is 10.5 Å². The van der Waals surface area contributed by atoms with E-state index >= 15 is 0 Å². The number of nitrogens with one attached hydrogen (secondary N) is 1. The third-order valence-corrected chi connectivity index (χ3v) is 9.10. The minimum absolute atomic E-state index is 0.0186. The molecule has 1 aromatic rings. The van der Waals surface area contributed by atoms with Gasteiger partial charge in [0.05, 0.1) is 12.5 Å². The van der Waals surface area contributed by atoms with Gasteiger partial charge in [0, 0.05) is 37.1 Å². The molecule has 9 heteroatoms. The predicted octanol–water partition coefficient (Wildman–Crippen LogP) is 3.54. The molecule has 1 N–H and O–H groups in total. The van der Waals surface area contributed by atoms with Gasteiger partial charge in [0.2, 0.25) is 15.9 Å². The Kier molecular flexibility index (Phi) is 8.61. The highest BCUT2D eigenvalue weighted by molar-refractivity contribution is 7.89. The second kappa shape index (κ2) is 11.0. The second-order valence-electron chi connectivity index (χ2n) is 9.24. The molecule has 0 aromatic carbocycles. The van der Waals surface area contributed by atoms with Gasteiger partial charge < -0.3 is 14.6 Å². The Hall–Kier alpha value is -1.87. The molecule has 0 spiro atoms. The van der Waals surface area contributed by atoms with Crippen molar-refractivity contribution in [1.82, 2.24) is 14.2 Å². The van der Waals surface area contributed by atoms with E-state index < -0.39 is 16.0 Å². The highest BCUT2D eigenvalue weighted by Crippen LogP contribution is 2.32. The van der Waals surface area contributed by atoms with Crippen molar-refractivity contribution in [2.24, 2.45) is 5.92 Å². The number of esters is 1. The maximum Gasteiger partial charge on any atom is 0.341 e. The Morgan fingerprint density at radius 2 is 1.67 bits per heavy atom. The summed E-state index contributed by atoms with van der Waals surface area (Å²) in [7, 11) is -3.97. The molecule has 186 valence electrons. The van der Waals surface area contributed by atoms with Gasteiger partial charge in [-0.15, -0.1) is 0 Å². The topological polar surface area (TPSA) is 97.7 Å². The minimum atomic E-state index is -3.97. The van der Waals surface area contributed by atoms with Crippen LogP contribution in [0.15, 0.2) is 4.90 Å². The number of amides is 1. The van der Waals surface area contributed by atoms with Crippen molar-refractivity contribution in [3.05, 3.63) is 17.0 Å². The van der Waals surface area contributed by atoms with Crippen molar-refractivity contribution in [2.75, 3.05) is 19.7 Å². The Bertz CT molecular complexity index is 961. The first kappa shape index (κ1) is 25.7. The zero-order chi connectivity index (χ0) is 24.2. The van der Waals surface area contributed by atoms with E-state index in [1.54, 1.807) is 20.8 Å². The Balaban J connectivity index is 1.85. The Labute approximate surface area is 198 Å². The van der Waals surface area contributed by atoms with Gasteiger partial charge >= 0.3 is 5.97 Å². The van der Waals surface area contributed by atoms with Crippen molar-refractivity contribution in [3.8, 4) is 0 Å². The lowest BCUT2D eigenvalue weighted by Gasteiger charge is -2.32. The predicted molar refractivity (Wildman–Crippen MR) is 127 cm³/mol. The standard InChI is InChI=1S/C24H39N3O5S/c1-5-27-17(3)21(24(29)32-6-2)22(18(27)4)33(30,31)26-15-11-12-19(16-26)23(28)25-20-13-9-7-8-10-14-20/h19-20H,5-16H2,1-4H3,(H,25,28)/t19-/m1/s1. The quantitative estimate of drug-likeness (QED) is 0.475. The largest absolute Gasteiger partial charge is 0.462 e. The van der Waals surface area contributed by atoms with Crippen LogP contribution in [-0.4, -0.2) is 54.9 Å². The molecule has 0 radical (unpaired) electrons. The average Bonchev–Trinajstić information content (AvgIpc) is 2.92. The summed E-state index contributed by atoms with van der Waals surface area (Å²) in [4.78, 5) is 25.8. The second-order valence-corrected chi connectivity index (χ2v) is 11.1. The lowest BCUT2D eigenvalue weighted by Crippen LogP contribution is -2.47. The van der Waals surface area contributed by atoms with E-state index in [0.717, 1.165) is 25.7 Å². The minimum Gasteiger partial charge on any atom is -0.462 e. The lowest BCUT2D eigenvalue weighted by atomic mass is 9.97. The first-order chi connectivity index (χ1) is 15.7. The number of hydrogen-bond acceptors (Lipinski definition) is 5. The van der Waals surface area contributed by atoms with Gasteiger partial charge in [-0.05, 0) is 53.4 Å². The molecule has 1 aliphatic heterocycles. The molecule has 2 heterocycles. The number of aromatic nitrogens is 1. The van der Waals surface area contributed by atoms with Crippen molar-refractivity contribution < 1.29 is 22.7 Å². The van der Waals surface area contributed by atoms with Gasteiger partial charge in [0.15, 0.2) is 0 Å². The molecule has 1 saturated carbocycles. The molecule has 3 rings (SSSR count). The van der Waals surface area contributed by atoms with Crippen LogP contribution in [0.3, 0.4) is 0 Å². The van der Waals surface area contributed by atoms with E-state index in [1.807, 2.05) is 11.5 Å². The number of piperidine rings is 1. The van der Waals surface area contributed by atoms with Crippen LogP contribution in [0.25, 0.3) is 0 Å². The number of ether oxygens (including phenoxy) is 1. The van der Waals surface area contributed by atoms with Crippen LogP contribution >= 0.6 is 0 Å². The van der Waals surface area contributed by atoms with Crippen molar-refractivity contribution in [2.45, 2.75) is 96.5 Å². The summed E-state index contributed by atoms with van der Waals surface area (Å²) in [6.07, 6.45) is 7.94. The van der Waals surface area contributed by atoms with Gasteiger partial charge in [0.25, 0.3) is 0 Å². The van der Waals surface area contributed by atoms with E-state index in [2.05, 4.69) is 5.32 Å². The number of hydrogen-bond donors (Lipinski definition) is 1. The van der Waals surface area contributed by atoms with E-state index in [-0.39, 0.29) is 41.5 Å². The van der Waals surface area contributed by atoms with Crippen molar-refractivity contribution in [3.63, 3.8) is 0 Å². The Morgan fingerprint density at radius 1 is 1.00 bits per heavy atom. The fraction of sp³-hybridized carbons (Fsp3) is 0.750. The monoisotopic (exact) mass is 481 g/mol. The summed E-state index contributed by atoms with van der Waals surface area (Å²) in [6, 6.07) is 0.186. The highest BCUT2D eigenvalue weighted by atomic mass is 32.2. The number of nitrogens with zero attached hydrogens (tertiary/aromatic N) is 2. The summed E-state index contributed by atoms with van der Waals surface area (Å²) in [6.45, 7) is 8.29. The maximum absolute atomic E-state index is 13.8. The first-order valence-electron chi connectivity index (χ1n) is 12.4. The zero-order valence-corrected chi connectivity index (χ0v) is 21.3. The van der Waals surface area contributed by atoms with Gasteiger partial charge in [-0.1, -0.05) is 25.7 Å². The molecule has 1 saturated heterocycles. The fourth-order valence-corrected chi connectivity index (χ4v) is 7.31. The van der Waals surface area contributed by atoms with E-state index in [0.29, 0.717) is 37.3 Å². The molecule has 33 heavy (non-hydrogen) atoms. The SMILES string of the molecule is CCOC(=O)c1c(S(=O)(=O)N2CCC[C@@H](C(=O)NC3CCCCCC3)C2)c(C)n(CC)c1C. The van der Waals surface area contributed by atoms with Crippen LogP contribution < -0.4 is 5.32 Å².